The SMILES string of the molecule is CN=C(NCCc1ccc(OC)c(OC)c1)NCC(C)c1ccc(F)cc1F.I. The van der Waals surface area contributed by atoms with Crippen LogP contribution in [-0.4, -0.2) is 40.3 Å². The molecule has 2 aromatic carbocycles. The number of methoxy groups -OCH3 is 2. The molecule has 0 aliphatic carbocycles. The molecule has 0 spiro atoms. The van der Waals surface area contributed by atoms with Crippen molar-refractivity contribution in [1.82, 2.24) is 10.6 Å². The Kier molecular flexibility index (Phi) is 10.7. The zero-order chi connectivity index (χ0) is 20.5. The van der Waals surface area contributed by atoms with E-state index in [1.54, 1.807) is 21.3 Å². The first-order chi connectivity index (χ1) is 13.5. The standard InChI is InChI=1S/C21H27F2N3O2.HI/c1-14(17-7-6-16(22)12-18(17)23)13-26-21(24-2)25-10-9-15-5-8-19(27-3)20(11-15)28-4;/h5-8,11-12,14H,9-10,13H2,1-4H3,(H2,24,25,26);1H. The van der Waals surface area contributed by atoms with Crippen LogP contribution in [0.2, 0.25) is 0 Å². The van der Waals surface area contributed by atoms with Crippen molar-refractivity contribution in [1.29, 1.82) is 0 Å². The number of benzene rings is 2. The maximum Gasteiger partial charge on any atom is 0.191 e. The van der Waals surface area contributed by atoms with E-state index in [9.17, 15) is 8.78 Å². The van der Waals surface area contributed by atoms with Gasteiger partial charge in [-0.2, -0.15) is 0 Å². The number of nitrogens with one attached hydrogen (secondary N) is 2. The molecular weight excluding hydrogens is 491 g/mol. The third-order valence-electron chi connectivity index (χ3n) is 4.45. The predicted octanol–water partition coefficient (Wildman–Crippen LogP) is 4.11. The Balaban J connectivity index is 0.00000420. The summed E-state index contributed by atoms with van der Waals surface area (Å²) in [6, 6.07) is 9.45. The molecule has 1 unspecified atom stereocenters. The molecule has 8 heteroatoms. The summed E-state index contributed by atoms with van der Waals surface area (Å²) < 4.78 is 37.5. The van der Waals surface area contributed by atoms with Crippen LogP contribution in [0, 0.1) is 11.6 Å². The number of aliphatic imine (C=N–C) groups is 1. The van der Waals surface area contributed by atoms with Gasteiger partial charge in [0.2, 0.25) is 0 Å². The van der Waals surface area contributed by atoms with Gasteiger partial charge in [0, 0.05) is 32.1 Å². The Morgan fingerprint density at radius 1 is 1.03 bits per heavy atom. The van der Waals surface area contributed by atoms with E-state index in [0.29, 0.717) is 36.1 Å². The molecule has 0 aromatic heterocycles. The molecule has 0 aliphatic rings. The van der Waals surface area contributed by atoms with Crippen molar-refractivity contribution in [2.24, 2.45) is 4.99 Å². The van der Waals surface area contributed by atoms with Gasteiger partial charge in [0.1, 0.15) is 11.6 Å². The highest BCUT2D eigenvalue weighted by molar-refractivity contribution is 14.0. The van der Waals surface area contributed by atoms with E-state index in [4.69, 9.17) is 9.47 Å². The summed E-state index contributed by atoms with van der Waals surface area (Å²) in [5.74, 6) is 0.760. The second-order valence-electron chi connectivity index (χ2n) is 6.39. The number of nitrogens with zero attached hydrogens (tertiary/aromatic N) is 1. The first-order valence-corrected chi connectivity index (χ1v) is 9.08. The zero-order valence-corrected chi connectivity index (χ0v) is 19.4. The fraction of sp³-hybridized carbons (Fsp3) is 0.381. The molecule has 0 heterocycles. The van der Waals surface area contributed by atoms with E-state index in [1.165, 1.54) is 12.1 Å². The number of hydrogen-bond acceptors (Lipinski definition) is 3. The minimum atomic E-state index is -0.575. The summed E-state index contributed by atoms with van der Waals surface area (Å²) in [7, 11) is 4.89. The predicted molar refractivity (Wildman–Crippen MR) is 123 cm³/mol. The van der Waals surface area contributed by atoms with E-state index in [1.807, 2.05) is 25.1 Å². The lowest BCUT2D eigenvalue weighted by molar-refractivity contribution is 0.354. The molecule has 0 radical (unpaired) electrons. The van der Waals surface area contributed by atoms with Crippen LogP contribution in [0.3, 0.4) is 0 Å². The summed E-state index contributed by atoms with van der Waals surface area (Å²) in [6.07, 6.45) is 0.767. The summed E-state index contributed by atoms with van der Waals surface area (Å²) in [5.41, 5.74) is 1.57. The Morgan fingerprint density at radius 2 is 1.76 bits per heavy atom. The lowest BCUT2D eigenvalue weighted by atomic mass is 10.0. The largest absolute Gasteiger partial charge is 0.493 e. The molecular formula is C21H28F2IN3O2. The molecule has 5 nitrogen and oxygen atoms in total. The summed E-state index contributed by atoms with van der Waals surface area (Å²) >= 11 is 0. The van der Waals surface area contributed by atoms with Crippen LogP contribution in [0.5, 0.6) is 11.5 Å². The Bertz CT molecular complexity index is 819. The van der Waals surface area contributed by atoms with E-state index in [0.717, 1.165) is 18.1 Å². The lowest BCUT2D eigenvalue weighted by Crippen LogP contribution is -2.40. The second-order valence-corrected chi connectivity index (χ2v) is 6.39. The molecule has 2 aromatic rings. The first-order valence-electron chi connectivity index (χ1n) is 9.08. The van der Waals surface area contributed by atoms with E-state index >= 15 is 0 Å². The molecule has 0 bridgehead atoms. The molecule has 0 saturated carbocycles. The Morgan fingerprint density at radius 3 is 2.38 bits per heavy atom. The van der Waals surface area contributed by atoms with Crippen LogP contribution in [0.4, 0.5) is 8.78 Å². The number of ether oxygens (including phenoxy) is 2. The number of halogens is 3. The fourth-order valence-electron chi connectivity index (χ4n) is 2.84. The number of guanidine groups is 1. The first kappa shape index (κ1) is 24.9. The minimum absolute atomic E-state index is 0. The summed E-state index contributed by atoms with van der Waals surface area (Å²) in [6.45, 7) is 3.01. The average molecular weight is 519 g/mol. The van der Waals surface area contributed by atoms with Crippen LogP contribution in [0.25, 0.3) is 0 Å². The smallest absolute Gasteiger partial charge is 0.191 e. The fourth-order valence-corrected chi connectivity index (χ4v) is 2.84. The highest BCUT2D eigenvalue weighted by Crippen LogP contribution is 2.27. The molecule has 0 fully saturated rings. The average Bonchev–Trinajstić information content (AvgIpc) is 2.70. The van der Waals surface area contributed by atoms with Crippen molar-refractivity contribution in [2.45, 2.75) is 19.3 Å². The van der Waals surface area contributed by atoms with Crippen LogP contribution in [0.15, 0.2) is 41.4 Å². The van der Waals surface area contributed by atoms with Crippen molar-refractivity contribution in [3.8, 4) is 11.5 Å². The Hall–Kier alpha value is -2.10. The van der Waals surface area contributed by atoms with Gasteiger partial charge < -0.3 is 20.1 Å². The van der Waals surface area contributed by atoms with Crippen LogP contribution in [0.1, 0.15) is 24.0 Å². The molecule has 0 aliphatic heterocycles. The van der Waals surface area contributed by atoms with Gasteiger partial charge in [-0.3, -0.25) is 4.99 Å². The molecule has 2 N–H and O–H groups in total. The molecule has 160 valence electrons. The summed E-state index contributed by atoms with van der Waals surface area (Å²) in [5, 5.41) is 6.40. The maximum atomic E-state index is 13.9. The quantitative estimate of drug-likeness (QED) is 0.313. The normalized spacial score (nSPS) is 12.0. The highest BCUT2D eigenvalue weighted by Gasteiger charge is 2.12. The van der Waals surface area contributed by atoms with Crippen molar-refractivity contribution in [3.05, 3.63) is 59.2 Å². The Labute approximate surface area is 187 Å². The minimum Gasteiger partial charge on any atom is -0.493 e. The van der Waals surface area contributed by atoms with Gasteiger partial charge in [-0.05, 0) is 35.7 Å². The molecule has 29 heavy (non-hydrogen) atoms. The van der Waals surface area contributed by atoms with E-state index < -0.39 is 11.6 Å². The van der Waals surface area contributed by atoms with Gasteiger partial charge in [-0.15, -0.1) is 24.0 Å². The van der Waals surface area contributed by atoms with E-state index in [-0.39, 0.29) is 29.9 Å². The zero-order valence-electron chi connectivity index (χ0n) is 17.1. The van der Waals surface area contributed by atoms with E-state index in [2.05, 4.69) is 15.6 Å². The van der Waals surface area contributed by atoms with Gasteiger partial charge in [0.25, 0.3) is 0 Å². The lowest BCUT2D eigenvalue weighted by Gasteiger charge is -2.17. The third kappa shape index (κ3) is 7.34. The number of hydrogen-bond donors (Lipinski definition) is 2. The monoisotopic (exact) mass is 519 g/mol. The topological polar surface area (TPSA) is 54.9 Å². The van der Waals surface area contributed by atoms with Gasteiger partial charge in [-0.25, -0.2) is 8.78 Å². The maximum absolute atomic E-state index is 13.9. The summed E-state index contributed by atoms with van der Waals surface area (Å²) in [4.78, 5) is 4.18. The molecule has 0 amide bonds. The molecule has 2 rings (SSSR count). The van der Waals surface area contributed by atoms with Crippen molar-refractivity contribution in [2.75, 3.05) is 34.4 Å². The van der Waals surface area contributed by atoms with Crippen molar-refractivity contribution < 1.29 is 18.3 Å². The van der Waals surface area contributed by atoms with Crippen molar-refractivity contribution in [3.63, 3.8) is 0 Å². The second kappa shape index (κ2) is 12.5. The van der Waals surface area contributed by atoms with Gasteiger partial charge in [0.15, 0.2) is 17.5 Å². The van der Waals surface area contributed by atoms with Gasteiger partial charge in [-0.1, -0.05) is 19.1 Å². The number of rotatable bonds is 8. The highest BCUT2D eigenvalue weighted by atomic mass is 127. The van der Waals surface area contributed by atoms with Crippen LogP contribution < -0.4 is 20.1 Å². The molecule has 0 saturated heterocycles. The van der Waals surface area contributed by atoms with Crippen LogP contribution >= 0.6 is 24.0 Å². The van der Waals surface area contributed by atoms with Gasteiger partial charge in [0.05, 0.1) is 14.2 Å². The van der Waals surface area contributed by atoms with Gasteiger partial charge >= 0.3 is 0 Å². The molecule has 1 atom stereocenters. The van der Waals surface area contributed by atoms with Crippen LogP contribution in [-0.2, 0) is 6.42 Å². The van der Waals surface area contributed by atoms with Crippen molar-refractivity contribution >= 4 is 29.9 Å². The third-order valence-corrected chi connectivity index (χ3v) is 4.45.